The molecule has 0 aromatic carbocycles. The topological polar surface area (TPSA) is 49.7 Å². The summed E-state index contributed by atoms with van der Waals surface area (Å²) < 4.78 is 35.9. The lowest BCUT2D eigenvalue weighted by atomic mass is 9.95. The highest BCUT2D eigenvalue weighted by molar-refractivity contribution is 6.40. The first-order valence-corrected chi connectivity index (χ1v) is 1.98. The highest BCUT2D eigenvalue weighted by atomic mass is 19.4. The van der Waals surface area contributed by atoms with Crippen molar-refractivity contribution in [2.75, 3.05) is 6.51 Å². The zero-order valence-electron chi connectivity index (χ0n) is 4.22. The number of hydrogen-bond donors (Lipinski definition) is 2. The van der Waals surface area contributed by atoms with Crippen molar-refractivity contribution in [1.29, 1.82) is 0 Å². The molecule has 0 aliphatic rings. The lowest BCUT2D eigenvalue weighted by molar-refractivity contribution is -0.318. The normalized spacial score (nSPS) is 11.7. The molecule has 0 unspecified atom stereocenters. The molecular formula is C2H4BF3O3. The van der Waals surface area contributed by atoms with Crippen LogP contribution in [0.2, 0.25) is 0 Å². The van der Waals surface area contributed by atoms with Crippen molar-refractivity contribution in [3.05, 3.63) is 0 Å². The summed E-state index contributed by atoms with van der Waals surface area (Å²) in [4.78, 5) is 0. The van der Waals surface area contributed by atoms with Gasteiger partial charge in [-0.2, -0.15) is 0 Å². The molecule has 0 saturated carbocycles. The van der Waals surface area contributed by atoms with E-state index < -0.39 is 20.0 Å². The van der Waals surface area contributed by atoms with E-state index >= 15 is 0 Å². The van der Waals surface area contributed by atoms with Gasteiger partial charge in [-0.1, -0.05) is 0 Å². The summed E-state index contributed by atoms with van der Waals surface area (Å²) in [7, 11) is -2.08. The lowest BCUT2D eigenvalue weighted by Crippen LogP contribution is -2.26. The minimum Gasteiger partial charge on any atom is -0.426 e. The maximum Gasteiger partial charge on any atom is 0.522 e. The predicted octanol–water partition coefficient (Wildman–Crippen LogP) is -0.465. The van der Waals surface area contributed by atoms with Crippen molar-refractivity contribution in [2.24, 2.45) is 0 Å². The lowest BCUT2D eigenvalue weighted by Gasteiger charge is -2.04. The van der Waals surface area contributed by atoms with E-state index in [1.165, 1.54) is 0 Å². The minimum atomic E-state index is -4.79. The molecule has 0 aliphatic heterocycles. The van der Waals surface area contributed by atoms with Gasteiger partial charge in [0.25, 0.3) is 0 Å². The summed E-state index contributed by atoms with van der Waals surface area (Å²) in [5.74, 6) is 0. The van der Waals surface area contributed by atoms with E-state index in [0.29, 0.717) is 0 Å². The molecule has 0 amide bonds. The fraction of sp³-hybridized carbons (Fsp3) is 1.00. The third kappa shape index (κ3) is 7.73. The molecule has 0 aliphatic carbocycles. The number of ether oxygens (including phenoxy) is 1. The molecule has 0 bridgehead atoms. The Morgan fingerprint density at radius 2 is 1.78 bits per heavy atom. The third-order valence-electron chi connectivity index (χ3n) is 0.396. The van der Waals surface area contributed by atoms with Crippen LogP contribution in [0.1, 0.15) is 0 Å². The van der Waals surface area contributed by atoms with E-state index in [9.17, 15) is 13.2 Å². The van der Waals surface area contributed by atoms with Crippen LogP contribution < -0.4 is 0 Å². The van der Waals surface area contributed by atoms with Crippen molar-refractivity contribution in [1.82, 2.24) is 0 Å². The largest absolute Gasteiger partial charge is 0.522 e. The molecule has 0 fully saturated rings. The van der Waals surface area contributed by atoms with Gasteiger partial charge in [0.2, 0.25) is 0 Å². The van der Waals surface area contributed by atoms with Crippen molar-refractivity contribution in [3.63, 3.8) is 0 Å². The summed E-state index contributed by atoms with van der Waals surface area (Å²) in [6.07, 6.45) is -4.79. The molecule has 2 N–H and O–H groups in total. The third-order valence-corrected chi connectivity index (χ3v) is 0.396. The molecule has 0 saturated heterocycles. The molecule has 3 nitrogen and oxygen atoms in total. The Morgan fingerprint density at radius 3 is 1.89 bits per heavy atom. The van der Waals surface area contributed by atoms with Crippen LogP contribution in [0.5, 0.6) is 0 Å². The van der Waals surface area contributed by atoms with Crippen LogP contribution in [0.3, 0.4) is 0 Å². The second-order valence-corrected chi connectivity index (χ2v) is 1.24. The second kappa shape index (κ2) is 3.04. The Hall–Kier alpha value is -0.265. The molecule has 0 heterocycles. The van der Waals surface area contributed by atoms with Gasteiger partial charge in [-0.3, -0.25) is 4.74 Å². The van der Waals surface area contributed by atoms with E-state index in [-0.39, 0.29) is 0 Å². The molecule has 0 aromatic rings. The van der Waals surface area contributed by atoms with E-state index in [2.05, 4.69) is 4.74 Å². The Bertz CT molecular complexity index is 81.6. The monoisotopic (exact) mass is 144 g/mol. The molecule has 0 rings (SSSR count). The van der Waals surface area contributed by atoms with Crippen LogP contribution >= 0.6 is 0 Å². The minimum absolute atomic E-state index is 1.15. The molecule has 7 heteroatoms. The van der Waals surface area contributed by atoms with Crippen molar-refractivity contribution < 1.29 is 28.0 Å². The molecule has 0 spiro atoms. The number of hydrogen-bond acceptors (Lipinski definition) is 3. The molecule has 9 heavy (non-hydrogen) atoms. The average Bonchev–Trinajstić information content (AvgIpc) is 1.59. The highest BCUT2D eigenvalue weighted by Crippen LogP contribution is 2.15. The van der Waals surface area contributed by atoms with Crippen LogP contribution in [0, 0.1) is 0 Å². The van der Waals surface area contributed by atoms with Crippen LogP contribution in [-0.4, -0.2) is 30.0 Å². The van der Waals surface area contributed by atoms with Crippen LogP contribution in [-0.2, 0) is 4.74 Å². The number of rotatable bonds is 2. The smallest absolute Gasteiger partial charge is 0.426 e. The fourth-order valence-electron chi connectivity index (χ4n) is 0.169. The quantitative estimate of drug-likeness (QED) is 0.515. The van der Waals surface area contributed by atoms with Gasteiger partial charge < -0.3 is 10.0 Å². The molecule has 0 radical (unpaired) electrons. The van der Waals surface area contributed by atoms with Gasteiger partial charge in [0.05, 0.1) is 6.51 Å². The highest BCUT2D eigenvalue weighted by Gasteiger charge is 2.30. The van der Waals surface area contributed by atoms with E-state index in [1.807, 2.05) is 0 Å². The van der Waals surface area contributed by atoms with Crippen molar-refractivity contribution in [2.45, 2.75) is 6.36 Å². The van der Waals surface area contributed by atoms with Gasteiger partial charge in [-0.05, 0) is 0 Å². The standard InChI is InChI=1S/C2H4BF3O3/c4-2(5,6)9-1-3(7)8/h7-8H,1H2. The molecule has 54 valence electrons. The van der Waals surface area contributed by atoms with Crippen LogP contribution in [0.25, 0.3) is 0 Å². The van der Waals surface area contributed by atoms with Crippen molar-refractivity contribution in [3.8, 4) is 0 Å². The Kier molecular flexibility index (Phi) is 2.95. The average molecular weight is 144 g/mol. The van der Waals surface area contributed by atoms with Gasteiger partial charge in [0.1, 0.15) is 0 Å². The second-order valence-electron chi connectivity index (χ2n) is 1.24. The first-order valence-electron chi connectivity index (χ1n) is 1.98. The summed E-state index contributed by atoms with van der Waals surface area (Å²) in [5.41, 5.74) is 0. The number of alkyl halides is 3. The van der Waals surface area contributed by atoms with Gasteiger partial charge in [-0.15, -0.1) is 13.2 Å². The zero-order valence-corrected chi connectivity index (χ0v) is 4.22. The predicted molar refractivity (Wildman–Crippen MR) is 22.2 cm³/mol. The Balaban J connectivity index is 3.28. The Labute approximate surface area is 49.2 Å². The summed E-state index contributed by atoms with van der Waals surface area (Å²) in [6, 6.07) is 0. The number of halogens is 3. The summed E-state index contributed by atoms with van der Waals surface area (Å²) >= 11 is 0. The SMILES string of the molecule is OB(O)COC(F)(F)F. The van der Waals surface area contributed by atoms with Crippen LogP contribution in [0.4, 0.5) is 13.2 Å². The van der Waals surface area contributed by atoms with Crippen molar-refractivity contribution >= 4 is 7.12 Å². The summed E-state index contributed by atoms with van der Waals surface area (Å²) in [6.45, 7) is -1.15. The van der Waals surface area contributed by atoms with Gasteiger partial charge in [0, 0.05) is 0 Å². The van der Waals surface area contributed by atoms with E-state index in [1.54, 1.807) is 0 Å². The zero-order chi connectivity index (χ0) is 7.49. The van der Waals surface area contributed by atoms with E-state index in [4.69, 9.17) is 10.0 Å². The van der Waals surface area contributed by atoms with E-state index in [0.717, 1.165) is 0 Å². The van der Waals surface area contributed by atoms with Crippen LogP contribution in [0.15, 0.2) is 0 Å². The van der Waals surface area contributed by atoms with Gasteiger partial charge >= 0.3 is 13.5 Å². The first-order chi connectivity index (χ1) is 3.92. The first kappa shape index (κ1) is 8.73. The molecular weight excluding hydrogens is 140 g/mol. The fourth-order valence-corrected chi connectivity index (χ4v) is 0.169. The Morgan fingerprint density at radius 1 is 1.33 bits per heavy atom. The summed E-state index contributed by atoms with van der Waals surface area (Å²) in [5, 5.41) is 15.7. The maximum atomic E-state index is 11.0. The molecule has 0 aromatic heterocycles. The molecule has 0 atom stereocenters. The van der Waals surface area contributed by atoms with Gasteiger partial charge in [-0.25, -0.2) is 0 Å². The maximum absolute atomic E-state index is 11.0. The van der Waals surface area contributed by atoms with Gasteiger partial charge in [0.15, 0.2) is 0 Å².